The molecule has 14 heavy (non-hydrogen) atoms. The molecule has 0 amide bonds. The lowest BCUT2D eigenvalue weighted by Gasteiger charge is -1.87. The lowest BCUT2D eigenvalue weighted by Crippen LogP contribution is -1.88. The van der Waals surface area contributed by atoms with Gasteiger partial charge in [0.05, 0.1) is 4.92 Å². The Morgan fingerprint density at radius 1 is 1.36 bits per heavy atom. The van der Waals surface area contributed by atoms with Crippen LogP contribution in [0, 0.1) is 14.8 Å². The fraction of sp³-hybridized carbons (Fsp3) is 0.444. The van der Waals surface area contributed by atoms with Gasteiger partial charge in [-0.1, -0.05) is 39.9 Å². The van der Waals surface area contributed by atoms with Crippen molar-refractivity contribution in [3.8, 4) is 0 Å². The average Bonchev–Trinajstić information content (AvgIpc) is 2.24. The maximum Gasteiger partial charge on any atom is 0.303 e. The molecule has 0 aromatic carbocycles. The Morgan fingerprint density at radius 2 is 1.86 bits per heavy atom. The van der Waals surface area contributed by atoms with E-state index >= 15 is 0 Å². The summed E-state index contributed by atoms with van der Waals surface area (Å²) in [6, 6.07) is 2.90. The van der Waals surface area contributed by atoms with Gasteiger partial charge in [0.1, 0.15) is 0 Å². The number of hydrogen-bond donors (Lipinski definition) is 1. The largest absolute Gasteiger partial charge is 0.347 e. The molecule has 0 aliphatic heterocycles. The monoisotopic (exact) mass is 216 g/mol. The van der Waals surface area contributed by atoms with Crippen molar-refractivity contribution in [1.29, 1.82) is 0 Å². The Balaban J connectivity index is 0. The molecule has 0 spiro atoms. The molecule has 0 fully saturated rings. The molecule has 1 N–H and O–H groups in total. The van der Waals surface area contributed by atoms with Gasteiger partial charge in [-0.15, -0.1) is 0 Å². The van der Waals surface area contributed by atoms with Crippen LogP contribution in [0.4, 0.5) is 5.69 Å². The molecule has 5 heteroatoms. The molecule has 1 aromatic rings. The van der Waals surface area contributed by atoms with Gasteiger partial charge in [0.2, 0.25) is 0 Å². The Hall–Kier alpha value is -1.23. The second-order valence-corrected chi connectivity index (χ2v) is 2.05. The molecule has 1 aromatic heterocycles. The number of aromatic amines is 1. The highest BCUT2D eigenvalue weighted by Gasteiger charge is 2.04. The first-order valence-corrected chi connectivity index (χ1v) is 4.95. The summed E-state index contributed by atoms with van der Waals surface area (Å²) in [7, 11) is 0. The minimum Gasteiger partial charge on any atom is -0.347 e. The third-order valence-corrected chi connectivity index (χ3v) is 1.32. The maximum absolute atomic E-state index is 10.1. The fourth-order valence-electron chi connectivity index (χ4n) is 0.556. The standard InChI is InChI=1S/C5H4N2O2S.2C2H6/c8-7(9)4-2-1-3-6-5(4)10;2*1-2/h1-3H,(H,6,10);2*1-2H3. The van der Waals surface area contributed by atoms with E-state index in [0.29, 0.717) is 0 Å². The first kappa shape index (κ1) is 15.3. The van der Waals surface area contributed by atoms with Gasteiger partial charge in [0, 0.05) is 12.3 Å². The summed E-state index contributed by atoms with van der Waals surface area (Å²) in [4.78, 5) is 12.2. The minimum absolute atomic E-state index is 0.0579. The number of H-pyrrole nitrogens is 1. The molecular formula is C9H16N2O2S. The van der Waals surface area contributed by atoms with Gasteiger partial charge in [-0.05, 0) is 6.07 Å². The summed E-state index contributed by atoms with van der Waals surface area (Å²) in [5.41, 5.74) is -0.0579. The zero-order chi connectivity index (χ0) is 11.6. The van der Waals surface area contributed by atoms with Gasteiger partial charge in [-0.3, -0.25) is 10.1 Å². The van der Waals surface area contributed by atoms with Crippen molar-refractivity contribution in [2.45, 2.75) is 27.7 Å². The molecule has 1 rings (SSSR count). The quantitative estimate of drug-likeness (QED) is 0.442. The third-order valence-electron chi connectivity index (χ3n) is 0.994. The van der Waals surface area contributed by atoms with Crippen molar-refractivity contribution in [2.75, 3.05) is 0 Å². The third kappa shape index (κ3) is 5.42. The Labute approximate surface area is 89.1 Å². The molecule has 0 bridgehead atoms. The van der Waals surface area contributed by atoms with Crippen molar-refractivity contribution in [1.82, 2.24) is 4.98 Å². The molecule has 0 aliphatic carbocycles. The summed E-state index contributed by atoms with van der Waals surface area (Å²) in [6.45, 7) is 8.00. The van der Waals surface area contributed by atoms with E-state index in [2.05, 4.69) is 17.2 Å². The maximum atomic E-state index is 10.1. The first-order chi connectivity index (χ1) is 6.72. The number of aromatic nitrogens is 1. The molecule has 0 aliphatic rings. The van der Waals surface area contributed by atoms with Gasteiger partial charge in [-0.2, -0.15) is 0 Å². The van der Waals surface area contributed by atoms with E-state index in [4.69, 9.17) is 0 Å². The molecule has 0 atom stereocenters. The number of hydrogen-bond acceptors (Lipinski definition) is 3. The highest BCUT2D eigenvalue weighted by Crippen LogP contribution is 2.08. The summed E-state index contributed by atoms with van der Waals surface area (Å²) in [6.07, 6.45) is 1.55. The first-order valence-electron chi connectivity index (χ1n) is 4.54. The van der Waals surface area contributed by atoms with Gasteiger partial charge < -0.3 is 4.98 Å². The smallest absolute Gasteiger partial charge is 0.303 e. The van der Waals surface area contributed by atoms with E-state index < -0.39 is 4.92 Å². The van der Waals surface area contributed by atoms with E-state index in [-0.39, 0.29) is 10.3 Å². The number of nitrogens with one attached hydrogen (secondary N) is 1. The minimum atomic E-state index is -0.515. The Bertz CT molecular complexity index is 310. The SMILES string of the molecule is CC.CC.O=[N+]([O-])c1ccc[nH]c1=S. The van der Waals surface area contributed by atoms with Crippen molar-refractivity contribution < 1.29 is 4.92 Å². The van der Waals surface area contributed by atoms with Crippen LogP contribution >= 0.6 is 12.2 Å². The van der Waals surface area contributed by atoms with Crippen LogP contribution in [0.25, 0.3) is 0 Å². The van der Waals surface area contributed by atoms with Gasteiger partial charge >= 0.3 is 5.69 Å². The van der Waals surface area contributed by atoms with E-state index in [9.17, 15) is 10.1 Å². The lowest BCUT2D eigenvalue weighted by molar-refractivity contribution is -0.385. The highest BCUT2D eigenvalue weighted by atomic mass is 32.1. The van der Waals surface area contributed by atoms with Crippen LogP contribution in [-0.4, -0.2) is 9.91 Å². The summed E-state index contributed by atoms with van der Waals surface area (Å²) in [5, 5.41) is 10.1. The number of nitro groups is 1. The van der Waals surface area contributed by atoms with Gasteiger partial charge in [0.25, 0.3) is 0 Å². The number of rotatable bonds is 1. The number of pyridine rings is 1. The molecule has 0 unspecified atom stereocenters. The highest BCUT2D eigenvalue weighted by molar-refractivity contribution is 7.71. The van der Waals surface area contributed by atoms with Crippen molar-refractivity contribution in [3.05, 3.63) is 33.1 Å². The van der Waals surface area contributed by atoms with E-state index in [1.54, 1.807) is 6.20 Å². The van der Waals surface area contributed by atoms with Crippen LogP contribution < -0.4 is 0 Å². The second kappa shape index (κ2) is 9.85. The van der Waals surface area contributed by atoms with Gasteiger partial charge in [-0.25, -0.2) is 0 Å². The molecule has 80 valence electrons. The molecule has 0 radical (unpaired) electrons. The average molecular weight is 216 g/mol. The molecule has 1 heterocycles. The normalized spacial score (nSPS) is 7.43. The molecular weight excluding hydrogens is 200 g/mol. The molecule has 0 saturated carbocycles. The predicted octanol–water partition coefficient (Wildman–Crippen LogP) is 3.70. The second-order valence-electron chi connectivity index (χ2n) is 1.64. The summed E-state index contributed by atoms with van der Waals surface area (Å²) < 4.78 is 0.160. The van der Waals surface area contributed by atoms with Crippen LogP contribution in [0.2, 0.25) is 0 Å². The van der Waals surface area contributed by atoms with Crippen molar-refractivity contribution >= 4 is 17.9 Å². The molecule has 4 nitrogen and oxygen atoms in total. The summed E-state index contributed by atoms with van der Waals surface area (Å²) >= 11 is 4.63. The van der Waals surface area contributed by atoms with Crippen molar-refractivity contribution in [3.63, 3.8) is 0 Å². The van der Waals surface area contributed by atoms with Crippen molar-refractivity contribution in [2.24, 2.45) is 0 Å². The van der Waals surface area contributed by atoms with Gasteiger partial charge in [0.15, 0.2) is 4.64 Å². The van der Waals surface area contributed by atoms with Crippen LogP contribution in [-0.2, 0) is 0 Å². The van der Waals surface area contributed by atoms with E-state index in [1.807, 2.05) is 27.7 Å². The zero-order valence-corrected chi connectivity index (χ0v) is 9.72. The van der Waals surface area contributed by atoms with Crippen LogP contribution in [0.1, 0.15) is 27.7 Å². The topological polar surface area (TPSA) is 58.9 Å². The predicted molar refractivity (Wildman–Crippen MR) is 61.0 cm³/mol. The Morgan fingerprint density at radius 3 is 2.14 bits per heavy atom. The van der Waals surface area contributed by atoms with Crippen LogP contribution in [0.15, 0.2) is 18.3 Å². The van der Waals surface area contributed by atoms with E-state index in [1.165, 1.54) is 12.1 Å². The zero-order valence-electron chi connectivity index (χ0n) is 8.90. The van der Waals surface area contributed by atoms with Crippen LogP contribution in [0.3, 0.4) is 0 Å². The summed E-state index contributed by atoms with van der Waals surface area (Å²) in [5.74, 6) is 0. The molecule has 0 saturated heterocycles. The number of nitrogens with zero attached hydrogens (tertiary/aromatic N) is 1. The van der Waals surface area contributed by atoms with E-state index in [0.717, 1.165) is 0 Å². The fourth-order valence-corrected chi connectivity index (χ4v) is 0.767. The lowest BCUT2D eigenvalue weighted by atomic mass is 10.4. The van der Waals surface area contributed by atoms with Crippen LogP contribution in [0.5, 0.6) is 0 Å². The Kier molecular flexibility index (Phi) is 10.7.